The first-order valence-electron chi connectivity index (χ1n) is 7.07. The van der Waals surface area contributed by atoms with Crippen LogP contribution in [0.4, 0.5) is 4.39 Å². The zero-order valence-corrected chi connectivity index (χ0v) is 11.7. The van der Waals surface area contributed by atoms with E-state index in [2.05, 4.69) is 17.1 Å². The minimum atomic E-state index is -0.344. The summed E-state index contributed by atoms with van der Waals surface area (Å²) in [5.41, 5.74) is 0.617. The molecule has 106 valence electrons. The van der Waals surface area contributed by atoms with Crippen molar-refractivity contribution in [1.29, 1.82) is 0 Å². The molecule has 0 aromatic heterocycles. The maximum Gasteiger partial charge on any atom is 0.131 e. The van der Waals surface area contributed by atoms with E-state index in [0.717, 1.165) is 26.1 Å². The molecule has 0 saturated carbocycles. The second-order valence-electron chi connectivity index (χ2n) is 5.33. The van der Waals surface area contributed by atoms with Crippen LogP contribution in [0.15, 0.2) is 18.2 Å². The highest BCUT2D eigenvalue weighted by molar-refractivity contribution is 5.29. The van der Waals surface area contributed by atoms with Crippen LogP contribution in [0.25, 0.3) is 0 Å². The lowest BCUT2D eigenvalue weighted by Crippen LogP contribution is -2.46. The van der Waals surface area contributed by atoms with Crippen molar-refractivity contribution in [1.82, 2.24) is 10.2 Å². The number of likely N-dealkylation sites (N-methyl/N-ethyl adjacent to an activating group) is 1. The van der Waals surface area contributed by atoms with E-state index in [1.165, 1.54) is 18.6 Å². The topological polar surface area (TPSA) is 35.5 Å². The second kappa shape index (κ2) is 6.35. The quantitative estimate of drug-likeness (QED) is 0.879. The number of halogens is 1. The Kier molecular flexibility index (Phi) is 4.77. The fourth-order valence-corrected chi connectivity index (χ4v) is 2.79. The van der Waals surface area contributed by atoms with Crippen LogP contribution in [0.3, 0.4) is 0 Å². The maximum absolute atomic E-state index is 13.8. The summed E-state index contributed by atoms with van der Waals surface area (Å²) in [4.78, 5) is 2.42. The van der Waals surface area contributed by atoms with Crippen molar-refractivity contribution in [3.63, 3.8) is 0 Å². The number of benzene rings is 1. The highest BCUT2D eigenvalue weighted by atomic mass is 19.1. The normalized spacial score (nSPS) is 22.4. The summed E-state index contributed by atoms with van der Waals surface area (Å²) in [7, 11) is 0. The van der Waals surface area contributed by atoms with Gasteiger partial charge in [0.1, 0.15) is 11.6 Å². The molecule has 2 unspecified atom stereocenters. The van der Waals surface area contributed by atoms with Gasteiger partial charge in [-0.05, 0) is 38.9 Å². The molecule has 1 aliphatic heterocycles. The zero-order chi connectivity index (χ0) is 13.8. The van der Waals surface area contributed by atoms with Crippen molar-refractivity contribution in [3.05, 3.63) is 29.6 Å². The van der Waals surface area contributed by atoms with E-state index in [-0.39, 0.29) is 17.6 Å². The van der Waals surface area contributed by atoms with Crippen LogP contribution in [0.5, 0.6) is 5.75 Å². The van der Waals surface area contributed by atoms with Crippen molar-refractivity contribution < 1.29 is 9.50 Å². The molecule has 0 spiro atoms. The average Bonchev–Trinajstić information content (AvgIpc) is 2.38. The lowest BCUT2D eigenvalue weighted by atomic mass is 10.0. The first-order chi connectivity index (χ1) is 9.10. The van der Waals surface area contributed by atoms with Gasteiger partial charge in [-0.15, -0.1) is 0 Å². The molecule has 1 aromatic rings. The van der Waals surface area contributed by atoms with Crippen LogP contribution in [0.1, 0.15) is 38.3 Å². The van der Waals surface area contributed by atoms with Crippen LogP contribution in [0.2, 0.25) is 0 Å². The van der Waals surface area contributed by atoms with Gasteiger partial charge < -0.3 is 15.3 Å². The molecule has 3 nitrogen and oxygen atoms in total. The molecule has 1 heterocycles. The van der Waals surface area contributed by atoms with Gasteiger partial charge in [0.25, 0.3) is 0 Å². The lowest BCUT2D eigenvalue weighted by molar-refractivity contribution is 0.191. The Morgan fingerprint density at radius 2 is 2.32 bits per heavy atom. The first kappa shape index (κ1) is 14.3. The maximum atomic E-state index is 13.8. The van der Waals surface area contributed by atoms with Crippen LogP contribution in [0, 0.1) is 5.82 Å². The number of hydrogen-bond donors (Lipinski definition) is 2. The predicted octanol–water partition coefficient (Wildman–Crippen LogP) is 2.67. The molecule has 0 bridgehead atoms. The van der Waals surface area contributed by atoms with Gasteiger partial charge in [-0.25, -0.2) is 4.39 Å². The largest absolute Gasteiger partial charge is 0.508 e. The van der Waals surface area contributed by atoms with Crippen molar-refractivity contribution in [2.45, 2.75) is 38.8 Å². The fraction of sp³-hybridized carbons (Fsp3) is 0.600. The Labute approximate surface area is 114 Å². The monoisotopic (exact) mass is 266 g/mol. The van der Waals surface area contributed by atoms with Crippen LogP contribution >= 0.6 is 0 Å². The van der Waals surface area contributed by atoms with Crippen LogP contribution in [-0.4, -0.2) is 35.7 Å². The van der Waals surface area contributed by atoms with Crippen LogP contribution in [-0.2, 0) is 0 Å². The number of nitrogens with zero attached hydrogens (tertiary/aromatic N) is 1. The molecular weight excluding hydrogens is 243 g/mol. The van der Waals surface area contributed by atoms with Crippen molar-refractivity contribution in [2.24, 2.45) is 0 Å². The van der Waals surface area contributed by atoms with E-state index in [4.69, 9.17) is 0 Å². The third kappa shape index (κ3) is 3.67. The average molecular weight is 266 g/mol. The molecular formula is C15H23FN2O. The van der Waals surface area contributed by atoms with E-state index < -0.39 is 0 Å². The molecule has 1 saturated heterocycles. The molecule has 19 heavy (non-hydrogen) atoms. The van der Waals surface area contributed by atoms with Gasteiger partial charge in [-0.2, -0.15) is 0 Å². The van der Waals surface area contributed by atoms with Gasteiger partial charge >= 0.3 is 0 Å². The summed E-state index contributed by atoms with van der Waals surface area (Å²) in [6.45, 7) is 7.41. The van der Waals surface area contributed by atoms with Gasteiger partial charge in [-0.1, -0.05) is 13.0 Å². The summed E-state index contributed by atoms with van der Waals surface area (Å²) in [5, 5.41) is 12.7. The number of piperidine rings is 1. The summed E-state index contributed by atoms with van der Waals surface area (Å²) >= 11 is 0. The Morgan fingerprint density at radius 1 is 1.53 bits per heavy atom. The number of aromatic hydroxyl groups is 1. The van der Waals surface area contributed by atoms with Crippen molar-refractivity contribution in [3.8, 4) is 5.75 Å². The van der Waals surface area contributed by atoms with Gasteiger partial charge in [0.2, 0.25) is 0 Å². The number of rotatable bonds is 4. The number of hydrogen-bond acceptors (Lipinski definition) is 3. The minimum absolute atomic E-state index is 0.0247. The molecule has 0 amide bonds. The highest BCUT2D eigenvalue weighted by Crippen LogP contribution is 2.22. The fourth-order valence-electron chi connectivity index (χ4n) is 2.79. The number of likely N-dealkylation sites (tertiary alicyclic amines) is 1. The molecule has 1 aromatic carbocycles. The molecule has 0 radical (unpaired) electrons. The molecule has 1 fully saturated rings. The Morgan fingerprint density at radius 3 is 3.00 bits per heavy atom. The summed E-state index contributed by atoms with van der Waals surface area (Å²) < 4.78 is 13.8. The van der Waals surface area contributed by atoms with E-state index in [1.807, 2.05) is 6.92 Å². The molecule has 2 rings (SSSR count). The molecule has 0 aliphatic carbocycles. The van der Waals surface area contributed by atoms with Crippen LogP contribution < -0.4 is 5.32 Å². The second-order valence-corrected chi connectivity index (χ2v) is 5.33. The van der Waals surface area contributed by atoms with E-state index in [9.17, 15) is 9.50 Å². The summed E-state index contributed by atoms with van der Waals surface area (Å²) in [6, 6.07) is 4.74. The highest BCUT2D eigenvalue weighted by Gasteiger charge is 2.21. The van der Waals surface area contributed by atoms with Gasteiger partial charge in [-0.3, -0.25) is 0 Å². The number of nitrogens with one attached hydrogen (secondary N) is 1. The standard InChI is InChI=1S/C15H23FN2O/c1-3-18-8-4-5-12(10-18)17-11(2)14-7-6-13(19)9-15(14)16/h6-7,9,11-12,17,19H,3-5,8,10H2,1-2H3. The van der Waals surface area contributed by atoms with Crippen molar-refractivity contribution in [2.75, 3.05) is 19.6 Å². The summed E-state index contributed by atoms with van der Waals surface area (Å²) in [5.74, 6) is -0.369. The lowest BCUT2D eigenvalue weighted by Gasteiger charge is -2.34. The van der Waals surface area contributed by atoms with E-state index in [0.29, 0.717) is 11.6 Å². The Hall–Kier alpha value is -1.13. The molecule has 4 heteroatoms. The Bertz CT molecular complexity index is 425. The minimum Gasteiger partial charge on any atom is -0.508 e. The SMILES string of the molecule is CCN1CCCC(NC(C)c2ccc(O)cc2F)C1. The van der Waals surface area contributed by atoms with Gasteiger partial charge in [0.05, 0.1) is 0 Å². The number of phenolic OH excluding ortho intramolecular Hbond substituents is 1. The predicted molar refractivity (Wildman–Crippen MR) is 74.8 cm³/mol. The van der Waals surface area contributed by atoms with Gasteiger partial charge in [0.15, 0.2) is 0 Å². The van der Waals surface area contributed by atoms with Gasteiger partial charge in [0, 0.05) is 30.3 Å². The molecule has 1 aliphatic rings. The van der Waals surface area contributed by atoms with E-state index in [1.54, 1.807) is 6.07 Å². The molecule has 2 atom stereocenters. The molecule has 2 N–H and O–H groups in total. The Balaban J connectivity index is 1.98. The number of phenols is 1. The van der Waals surface area contributed by atoms with E-state index >= 15 is 0 Å². The summed E-state index contributed by atoms with van der Waals surface area (Å²) in [6.07, 6.45) is 2.33. The first-order valence-corrected chi connectivity index (χ1v) is 7.07. The van der Waals surface area contributed by atoms with Crippen molar-refractivity contribution >= 4 is 0 Å². The third-order valence-corrected chi connectivity index (χ3v) is 3.89. The smallest absolute Gasteiger partial charge is 0.131 e. The zero-order valence-electron chi connectivity index (χ0n) is 11.7. The third-order valence-electron chi connectivity index (χ3n) is 3.89.